The van der Waals surface area contributed by atoms with Crippen molar-refractivity contribution in [2.24, 2.45) is 5.73 Å². The summed E-state index contributed by atoms with van der Waals surface area (Å²) in [6.45, 7) is 5.10. The fraction of sp³-hybridized carbons (Fsp3) is 0.259. The number of hydrogen-bond acceptors (Lipinski definition) is 3. The number of rotatable bonds is 8. The van der Waals surface area contributed by atoms with Gasteiger partial charge in [-0.3, -0.25) is 10.2 Å². The van der Waals surface area contributed by atoms with Crippen molar-refractivity contribution >= 4 is 16.9 Å². The van der Waals surface area contributed by atoms with Crippen LogP contribution in [0.3, 0.4) is 0 Å². The fourth-order valence-corrected chi connectivity index (χ4v) is 4.21. The Morgan fingerprint density at radius 3 is 2.09 bits per heavy atom. The van der Waals surface area contributed by atoms with Crippen molar-refractivity contribution in [3.05, 3.63) is 101 Å². The summed E-state index contributed by atoms with van der Waals surface area (Å²) in [6, 6.07) is 24.8. The van der Waals surface area contributed by atoms with Gasteiger partial charge >= 0.3 is 0 Å². The number of imidazole rings is 1. The van der Waals surface area contributed by atoms with E-state index in [-0.39, 0.29) is 18.5 Å². The van der Waals surface area contributed by atoms with E-state index < -0.39 is 0 Å². The van der Waals surface area contributed by atoms with E-state index in [2.05, 4.69) is 73.8 Å². The molecule has 0 radical (unpaired) electrons. The van der Waals surface area contributed by atoms with E-state index in [1.165, 1.54) is 11.1 Å². The van der Waals surface area contributed by atoms with Crippen molar-refractivity contribution in [3.63, 3.8) is 0 Å². The number of fused-ring (bicyclic) bond motifs is 1. The molecule has 33 heavy (non-hydrogen) atoms. The number of hydrogen-bond donors (Lipinski definition) is 3. The molecule has 6 heteroatoms. The zero-order valence-electron chi connectivity index (χ0n) is 19.2. The predicted octanol–water partition coefficient (Wildman–Crippen LogP) is 3.45. The van der Waals surface area contributed by atoms with Gasteiger partial charge in [0.1, 0.15) is 0 Å². The van der Waals surface area contributed by atoms with Crippen molar-refractivity contribution < 1.29 is 4.79 Å². The highest BCUT2D eigenvalue weighted by molar-refractivity contribution is 5.78. The molecule has 3 aromatic carbocycles. The molecule has 1 amide bonds. The quantitative estimate of drug-likeness (QED) is 0.391. The van der Waals surface area contributed by atoms with Crippen LogP contribution in [0.25, 0.3) is 11.0 Å². The van der Waals surface area contributed by atoms with Gasteiger partial charge in [-0.1, -0.05) is 71.8 Å². The summed E-state index contributed by atoms with van der Waals surface area (Å²) in [5.74, 6) is -0.195. The molecular weight excluding hydrogens is 410 g/mol. The molecule has 1 atom stereocenters. The lowest BCUT2D eigenvalue weighted by atomic mass is 10.0. The van der Waals surface area contributed by atoms with Gasteiger partial charge < -0.3 is 20.2 Å². The maximum absolute atomic E-state index is 12.0. The standard InChI is InChI=1S/C27H31N5O/c1-19-7-11-21(12-8-19)15-23(17-30-26(33)16-28)32-25-6-4-3-5-24(25)31(27(32)29)18-22-13-9-20(2)10-14-22/h3-14,23,29H,15-18,28H2,1-2H3,(H,30,33). The molecule has 6 nitrogen and oxygen atoms in total. The first-order chi connectivity index (χ1) is 16.0. The lowest BCUT2D eigenvalue weighted by molar-refractivity contribution is -0.119. The second-order valence-electron chi connectivity index (χ2n) is 8.61. The van der Waals surface area contributed by atoms with E-state index in [4.69, 9.17) is 11.1 Å². The third kappa shape index (κ3) is 5.07. The molecule has 0 saturated heterocycles. The Morgan fingerprint density at radius 2 is 1.48 bits per heavy atom. The molecule has 0 fully saturated rings. The van der Waals surface area contributed by atoms with Crippen LogP contribution in [0.4, 0.5) is 0 Å². The molecule has 0 spiro atoms. The number of nitrogens with two attached hydrogens (primary N) is 1. The van der Waals surface area contributed by atoms with Gasteiger partial charge in [-0.15, -0.1) is 0 Å². The summed E-state index contributed by atoms with van der Waals surface area (Å²) in [4.78, 5) is 12.0. The highest BCUT2D eigenvalue weighted by atomic mass is 16.1. The number of carbonyl (C=O) groups is 1. The van der Waals surface area contributed by atoms with E-state index in [0.717, 1.165) is 22.2 Å². The third-order valence-electron chi connectivity index (χ3n) is 6.05. The Kier molecular flexibility index (Phi) is 6.75. The Morgan fingerprint density at radius 1 is 0.909 bits per heavy atom. The van der Waals surface area contributed by atoms with Crippen LogP contribution in [0.1, 0.15) is 28.3 Å². The number of para-hydroxylation sites is 2. The summed E-state index contributed by atoms with van der Waals surface area (Å²) < 4.78 is 4.08. The van der Waals surface area contributed by atoms with Crippen LogP contribution in [0.2, 0.25) is 0 Å². The average molecular weight is 442 g/mol. The molecular formula is C27H31N5O. The molecule has 170 valence electrons. The predicted molar refractivity (Wildman–Crippen MR) is 132 cm³/mol. The second-order valence-corrected chi connectivity index (χ2v) is 8.61. The van der Waals surface area contributed by atoms with Crippen LogP contribution in [0.15, 0.2) is 72.8 Å². The van der Waals surface area contributed by atoms with Crippen molar-refractivity contribution in [2.45, 2.75) is 32.9 Å². The Balaban J connectivity index is 1.78. The van der Waals surface area contributed by atoms with E-state index in [0.29, 0.717) is 25.1 Å². The van der Waals surface area contributed by atoms with Gasteiger partial charge in [-0.25, -0.2) is 0 Å². The van der Waals surface area contributed by atoms with Gasteiger partial charge in [0.2, 0.25) is 11.5 Å². The number of benzene rings is 3. The lowest BCUT2D eigenvalue weighted by Crippen LogP contribution is -2.39. The van der Waals surface area contributed by atoms with E-state index >= 15 is 0 Å². The molecule has 1 aromatic heterocycles. The number of nitrogens with zero attached hydrogens (tertiary/aromatic N) is 2. The molecule has 1 unspecified atom stereocenters. The van der Waals surface area contributed by atoms with Gasteiger partial charge in [0, 0.05) is 6.54 Å². The van der Waals surface area contributed by atoms with E-state index in [1.807, 2.05) is 27.3 Å². The van der Waals surface area contributed by atoms with Crippen LogP contribution >= 0.6 is 0 Å². The first kappa shape index (κ1) is 22.6. The number of aryl methyl sites for hydroxylation is 2. The maximum atomic E-state index is 12.0. The highest BCUT2D eigenvalue weighted by Gasteiger charge is 2.20. The van der Waals surface area contributed by atoms with Gasteiger partial charge in [-0.2, -0.15) is 0 Å². The average Bonchev–Trinajstić information content (AvgIpc) is 3.10. The second kappa shape index (κ2) is 9.88. The maximum Gasteiger partial charge on any atom is 0.233 e. The molecule has 1 heterocycles. The summed E-state index contributed by atoms with van der Waals surface area (Å²) in [6.07, 6.45) is 0.695. The topological polar surface area (TPSA) is 88.8 Å². The van der Waals surface area contributed by atoms with Gasteiger partial charge in [0.05, 0.1) is 30.2 Å². The fourth-order valence-electron chi connectivity index (χ4n) is 4.21. The van der Waals surface area contributed by atoms with Gasteiger partial charge in [0.25, 0.3) is 0 Å². The van der Waals surface area contributed by atoms with Crippen LogP contribution in [-0.4, -0.2) is 28.1 Å². The molecule has 4 rings (SSSR count). The van der Waals surface area contributed by atoms with Crippen molar-refractivity contribution in [3.8, 4) is 0 Å². The minimum absolute atomic E-state index is 0.0508. The third-order valence-corrected chi connectivity index (χ3v) is 6.05. The molecule has 0 saturated carbocycles. The normalized spacial score (nSPS) is 12.1. The van der Waals surface area contributed by atoms with Crippen molar-refractivity contribution in [2.75, 3.05) is 13.1 Å². The van der Waals surface area contributed by atoms with E-state index in [9.17, 15) is 4.79 Å². The number of nitrogens with one attached hydrogen (secondary N) is 2. The Labute approximate surface area is 194 Å². The van der Waals surface area contributed by atoms with Crippen LogP contribution < -0.4 is 16.7 Å². The smallest absolute Gasteiger partial charge is 0.233 e. The summed E-state index contributed by atoms with van der Waals surface area (Å²) in [5, 5.41) is 12.1. The molecule has 0 bridgehead atoms. The van der Waals surface area contributed by atoms with Crippen molar-refractivity contribution in [1.29, 1.82) is 5.41 Å². The van der Waals surface area contributed by atoms with Gasteiger partial charge in [0.15, 0.2) is 0 Å². The number of amides is 1. The molecule has 0 aliphatic rings. The minimum atomic E-state index is -0.195. The summed E-state index contributed by atoms with van der Waals surface area (Å²) in [7, 11) is 0. The van der Waals surface area contributed by atoms with Gasteiger partial charge in [-0.05, 0) is 43.5 Å². The zero-order valence-corrected chi connectivity index (χ0v) is 19.2. The Bertz CT molecular complexity index is 1300. The summed E-state index contributed by atoms with van der Waals surface area (Å²) in [5.41, 5.74) is 12.6. The number of carbonyl (C=O) groups excluding carboxylic acids is 1. The minimum Gasteiger partial charge on any atom is -0.353 e. The molecule has 4 aromatic rings. The van der Waals surface area contributed by atoms with Crippen LogP contribution in [0, 0.1) is 19.3 Å². The monoisotopic (exact) mass is 441 g/mol. The van der Waals surface area contributed by atoms with Crippen LogP contribution in [0.5, 0.6) is 0 Å². The first-order valence-corrected chi connectivity index (χ1v) is 11.3. The summed E-state index contributed by atoms with van der Waals surface area (Å²) >= 11 is 0. The Hall–Kier alpha value is -3.64. The molecule has 0 aliphatic carbocycles. The first-order valence-electron chi connectivity index (χ1n) is 11.3. The molecule has 0 aliphatic heterocycles. The SMILES string of the molecule is Cc1ccc(CC(CNC(=O)CN)n2c(=N)n(Cc3ccc(C)cc3)c3ccccc32)cc1. The molecule has 4 N–H and O–H groups in total. The lowest BCUT2D eigenvalue weighted by Gasteiger charge is -2.21. The number of aromatic nitrogens is 2. The largest absolute Gasteiger partial charge is 0.353 e. The zero-order chi connectivity index (χ0) is 23.4. The van der Waals surface area contributed by atoms with Crippen molar-refractivity contribution in [1.82, 2.24) is 14.5 Å². The highest BCUT2D eigenvalue weighted by Crippen LogP contribution is 2.21. The van der Waals surface area contributed by atoms with Crippen LogP contribution in [-0.2, 0) is 17.8 Å². The van der Waals surface area contributed by atoms with E-state index in [1.54, 1.807) is 0 Å².